The first-order valence-corrected chi connectivity index (χ1v) is 5.96. The fraction of sp³-hybridized carbons (Fsp3) is 0.0667. The molecule has 0 bridgehead atoms. The molecule has 0 amide bonds. The van der Waals surface area contributed by atoms with Gasteiger partial charge >= 0.3 is 5.97 Å². The number of methoxy groups -OCH3 is 1. The second-order valence-electron chi connectivity index (χ2n) is 4.19. The zero-order chi connectivity index (χ0) is 14.1. The molecule has 2 heterocycles. The number of benzene rings is 1. The summed E-state index contributed by atoms with van der Waals surface area (Å²) in [6.07, 6.45) is 4.27. The summed E-state index contributed by atoms with van der Waals surface area (Å²) in [6.45, 7) is 0. The Labute approximate surface area is 114 Å². The van der Waals surface area contributed by atoms with Crippen molar-refractivity contribution in [1.82, 2.24) is 4.98 Å². The maximum atomic E-state index is 10.7. The minimum absolute atomic E-state index is 0.497. The smallest absolute Gasteiger partial charge is 0.328 e. The second-order valence-corrected chi connectivity index (χ2v) is 4.19. The molecular weight excluding hydrogens is 258 g/mol. The molecular formula is C15H11NO4. The number of aromatic nitrogens is 1. The van der Waals surface area contributed by atoms with Gasteiger partial charge in [-0.15, -0.1) is 0 Å². The van der Waals surface area contributed by atoms with Crippen LogP contribution in [0.4, 0.5) is 0 Å². The van der Waals surface area contributed by atoms with E-state index in [0.29, 0.717) is 17.0 Å². The third-order valence-electron chi connectivity index (χ3n) is 3.02. The Morgan fingerprint density at radius 1 is 1.40 bits per heavy atom. The number of carboxylic acids is 1. The van der Waals surface area contributed by atoms with Crippen molar-refractivity contribution in [3.05, 3.63) is 42.1 Å². The van der Waals surface area contributed by atoms with Gasteiger partial charge in [0.2, 0.25) is 5.71 Å². The molecule has 0 aliphatic rings. The van der Waals surface area contributed by atoms with Crippen LogP contribution in [0.1, 0.15) is 5.56 Å². The number of ether oxygens (including phenoxy) is 1. The van der Waals surface area contributed by atoms with E-state index in [4.69, 9.17) is 14.3 Å². The van der Waals surface area contributed by atoms with E-state index in [2.05, 4.69) is 4.98 Å². The van der Waals surface area contributed by atoms with E-state index in [1.54, 1.807) is 25.4 Å². The number of nitrogens with zero attached hydrogens (tertiary/aromatic N) is 1. The highest BCUT2D eigenvalue weighted by Gasteiger charge is 2.14. The van der Waals surface area contributed by atoms with Crippen LogP contribution in [0.2, 0.25) is 0 Å². The maximum Gasteiger partial charge on any atom is 0.328 e. The summed E-state index contributed by atoms with van der Waals surface area (Å²) in [7, 11) is 1.56. The van der Waals surface area contributed by atoms with Crippen LogP contribution < -0.4 is 4.74 Å². The van der Waals surface area contributed by atoms with Gasteiger partial charge in [0.1, 0.15) is 0 Å². The first-order chi connectivity index (χ1) is 9.70. The number of furan rings is 1. The molecule has 1 N–H and O–H groups in total. The minimum Gasteiger partial charge on any atom is -0.493 e. The molecule has 100 valence electrons. The number of aliphatic carboxylic acids is 1. The van der Waals surface area contributed by atoms with E-state index < -0.39 is 5.97 Å². The highest BCUT2D eigenvalue weighted by Crippen LogP contribution is 2.36. The van der Waals surface area contributed by atoms with Crippen molar-refractivity contribution in [3.63, 3.8) is 0 Å². The summed E-state index contributed by atoms with van der Waals surface area (Å²) < 4.78 is 11.0. The minimum atomic E-state index is -1.00. The largest absolute Gasteiger partial charge is 0.493 e. The Morgan fingerprint density at radius 2 is 2.25 bits per heavy atom. The van der Waals surface area contributed by atoms with Crippen LogP contribution in [-0.4, -0.2) is 23.2 Å². The number of hydrogen-bond acceptors (Lipinski definition) is 4. The van der Waals surface area contributed by atoms with E-state index in [1.165, 1.54) is 6.08 Å². The van der Waals surface area contributed by atoms with Gasteiger partial charge in [0.05, 0.1) is 7.11 Å². The monoisotopic (exact) mass is 269 g/mol. The number of carbonyl (C=O) groups is 1. The van der Waals surface area contributed by atoms with Gasteiger partial charge in [0, 0.05) is 23.0 Å². The molecule has 0 spiro atoms. The Kier molecular flexibility index (Phi) is 2.87. The van der Waals surface area contributed by atoms with E-state index >= 15 is 0 Å². The normalized spacial score (nSPS) is 11.4. The lowest BCUT2D eigenvalue weighted by Gasteiger charge is -2.02. The zero-order valence-corrected chi connectivity index (χ0v) is 10.7. The number of fused-ring (bicyclic) bond motifs is 3. The summed E-state index contributed by atoms with van der Waals surface area (Å²) in [5.74, 6) is -0.412. The Hall–Kier alpha value is -2.82. The first-order valence-electron chi connectivity index (χ1n) is 5.96. The summed E-state index contributed by atoms with van der Waals surface area (Å²) in [5, 5.41) is 10.4. The molecule has 0 fully saturated rings. The molecule has 1 aromatic carbocycles. The van der Waals surface area contributed by atoms with Crippen molar-refractivity contribution in [1.29, 1.82) is 0 Å². The highest BCUT2D eigenvalue weighted by atomic mass is 16.5. The van der Waals surface area contributed by atoms with Crippen LogP contribution in [0.25, 0.3) is 28.1 Å². The predicted molar refractivity (Wildman–Crippen MR) is 74.7 cm³/mol. The molecule has 3 aromatic rings. The average molecular weight is 269 g/mol. The molecule has 2 aromatic heterocycles. The van der Waals surface area contributed by atoms with Gasteiger partial charge in [-0.1, -0.05) is 6.07 Å². The molecule has 0 aliphatic carbocycles. The lowest BCUT2D eigenvalue weighted by molar-refractivity contribution is -0.131. The third kappa shape index (κ3) is 1.89. The molecule has 0 saturated carbocycles. The SMILES string of the molecule is COc1ccc(C=CC(=O)O)c2c1oc1ncccc12. The summed E-state index contributed by atoms with van der Waals surface area (Å²) in [5.41, 5.74) is 1.81. The van der Waals surface area contributed by atoms with E-state index in [9.17, 15) is 4.79 Å². The molecule has 20 heavy (non-hydrogen) atoms. The van der Waals surface area contributed by atoms with Gasteiger partial charge in [0.25, 0.3) is 0 Å². The van der Waals surface area contributed by atoms with Crippen molar-refractivity contribution in [2.45, 2.75) is 0 Å². The second kappa shape index (κ2) is 4.70. The van der Waals surface area contributed by atoms with E-state index in [0.717, 1.165) is 22.4 Å². The lowest BCUT2D eigenvalue weighted by atomic mass is 10.1. The van der Waals surface area contributed by atoms with Crippen molar-refractivity contribution in [2.24, 2.45) is 0 Å². The van der Waals surface area contributed by atoms with Gasteiger partial charge in [0.15, 0.2) is 11.3 Å². The highest BCUT2D eigenvalue weighted by molar-refractivity contribution is 6.10. The van der Waals surface area contributed by atoms with Crippen LogP contribution in [0.5, 0.6) is 5.75 Å². The fourth-order valence-electron chi connectivity index (χ4n) is 2.18. The standard InChI is InChI=1S/C15H11NO4/c1-19-11-6-4-9(5-7-12(17)18)13-10-3-2-8-16-15(10)20-14(11)13/h2-8H,1H3,(H,17,18). The summed E-state index contributed by atoms with van der Waals surface area (Å²) in [4.78, 5) is 14.9. The quantitative estimate of drug-likeness (QED) is 0.740. The molecule has 5 heteroatoms. The Morgan fingerprint density at radius 3 is 3.00 bits per heavy atom. The van der Waals surface area contributed by atoms with Gasteiger partial charge < -0.3 is 14.3 Å². The molecule has 0 radical (unpaired) electrons. The van der Waals surface area contributed by atoms with Crippen LogP contribution in [0, 0.1) is 0 Å². The van der Waals surface area contributed by atoms with Crippen LogP contribution in [-0.2, 0) is 4.79 Å². The van der Waals surface area contributed by atoms with Crippen molar-refractivity contribution >= 4 is 34.1 Å². The van der Waals surface area contributed by atoms with Crippen LogP contribution in [0.3, 0.4) is 0 Å². The van der Waals surface area contributed by atoms with Gasteiger partial charge in [-0.05, 0) is 29.8 Å². The Balaban J connectivity index is 2.38. The van der Waals surface area contributed by atoms with E-state index in [-0.39, 0.29) is 0 Å². The molecule has 0 aliphatic heterocycles. The van der Waals surface area contributed by atoms with Gasteiger partial charge in [-0.3, -0.25) is 0 Å². The average Bonchev–Trinajstić information content (AvgIpc) is 2.84. The zero-order valence-electron chi connectivity index (χ0n) is 10.7. The maximum absolute atomic E-state index is 10.7. The van der Waals surface area contributed by atoms with Gasteiger partial charge in [-0.25, -0.2) is 9.78 Å². The topological polar surface area (TPSA) is 72.6 Å². The number of carboxylic acid groups (broad SMARTS) is 1. The van der Waals surface area contributed by atoms with Crippen LogP contribution >= 0.6 is 0 Å². The molecule has 0 atom stereocenters. The first kappa shape index (κ1) is 12.2. The van der Waals surface area contributed by atoms with E-state index in [1.807, 2.05) is 12.1 Å². The Bertz CT molecular complexity index is 832. The lowest BCUT2D eigenvalue weighted by Crippen LogP contribution is -1.87. The predicted octanol–water partition coefficient (Wildman–Crippen LogP) is 3.09. The molecule has 0 saturated heterocycles. The number of rotatable bonds is 3. The number of pyridine rings is 1. The van der Waals surface area contributed by atoms with Gasteiger partial charge in [-0.2, -0.15) is 0 Å². The molecule has 0 unspecified atom stereocenters. The third-order valence-corrected chi connectivity index (χ3v) is 3.02. The summed E-state index contributed by atoms with van der Waals surface area (Å²) >= 11 is 0. The fourth-order valence-corrected chi connectivity index (χ4v) is 2.18. The van der Waals surface area contributed by atoms with Crippen molar-refractivity contribution < 1.29 is 19.1 Å². The number of hydrogen-bond donors (Lipinski definition) is 1. The van der Waals surface area contributed by atoms with Crippen LogP contribution in [0.15, 0.2) is 41.0 Å². The molecule has 5 nitrogen and oxygen atoms in total. The van der Waals surface area contributed by atoms with Crippen molar-refractivity contribution in [3.8, 4) is 5.75 Å². The van der Waals surface area contributed by atoms with Crippen molar-refractivity contribution in [2.75, 3.05) is 7.11 Å². The summed E-state index contributed by atoms with van der Waals surface area (Å²) in [6, 6.07) is 7.22. The molecule has 3 rings (SSSR count).